The van der Waals surface area contributed by atoms with Gasteiger partial charge in [0.05, 0.1) is 16.9 Å². The van der Waals surface area contributed by atoms with Crippen LogP contribution in [0.4, 0.5) is 23.0 Å². The molecule has 176 valence electrons. The Bertz CT molecular complexity index is 1230. The number of nitrogens with zero attached hydrogens (tertiary/aromatic N) is 4. The van der Waals surface area contributed by atoms with Crippen LogP contribution in [0.1, 0.15) is 42.9 Å². The van der Waals surface area contributed by atoms with Crippen molar-refractivity contribution in [1.82, 2.24) is 9.97 Å². The summed E-state index contributed by atoms with van der Waals surface area (Å²) >= 11 is 12.5. The first-order chi connectivity index (χ1) is 16.2. The van der Waals surface area contributed by atoms with Crippen LogP contribution in [-0.2, 0) is 0 Å². The van der Waals surface area contributed by atoms with Crippen molar-refractivity contribution in [3.05, 3.63) is 79.6 Å². The van der Waals surface area contributed by atoms with Crippen molar-refractivity contribution in [2.75, 3.05) is 17.2 Å². The van der Waals surface area contributed by atoms with E-state index in [4.69, 9.17) is 23.2 Å². The fourth-order valence-corrected chi connectivity index (χ4v) is 3.82. The zero-order chi connectivity index (χ0) is 24.8. The van der Waals surface area contributed by atoms with Gasteiger partial charge in [-0.1, -0.05) is 55.2 Å². The van der Waals surface area contributed by atoms with Crippen molar-refractivity contribution in [3.63, 3.8) is 0 Å². The first-order valence-corrected chi connectivity index (χ1v) is 11.4. The number of hydrogen-bond acceptors (Lipinski definition) is 7. The number of aromatic nitrogens is 2. The summed E-state index contributed by atoms with van der Waals surface area (Å²) < 4.78 is 0. The monoisotopic (exact) mass is 498 g/mol. The van der Waals surface area contributed by atoms with E-state index in [0.717, 1.165) is 17.5 Å². The van der Waals surface area contributed by atoms with E-state index in [2.05, 4.69) is 40.5 Å². The van der Waals surface area contributed by atoms with E-state index < -0.39 is 10.8 Å². The van der Waals surface area contributed by atoms with Crippen LogP contribution in [0.15, 0.2) is 42.7 Å². The highest BCUT2D eigenvalue weighted by molar-refractivity contribution is 6.32. The molecule has 1 aromatic heterocycles. The zero-order valence-electron chi connectivity index (χ0n) is 19.0. The van der Waals surface area contributed by atoms with Crippen molar-refractivity contribution in [3.8, 4) is 6.07 Å². The van der Waals surface area contributed by atoms with Crippen LogP contribution in [0.5, 0.6) is 0 Å². The fourth-order valence-electron chi connectivity index (χ4n) is 3.42. The van der Waals surface area contributed by atoms with Gasteiger partial charge >= 0.3 is 5.69 Å². The summed E-state index contributed by atoms with van der Waals surface area (Å²) in [5.74, 6) is 0.0476. The maximum atomic E-state index is 11.8. The second kappa shape index (κ2) is 11.1. The maximum absolute atomic E-state index is 11.8. The van der Waals surface area contributed by atoms with Gasteiger partial charge in [-0.2, -0.15) is 5.26 Å². The van der Waals surface area contributed by atoms with E-state index in [-0.39, 0.29) is 17.3 Å². The Morgan fingerprint density at radius 3 is 2.44 bits per heavy atom. The van der Waals surface area contributed by atoms with Crippen molar-refractivity contribution < 1.29 is 4.92 Å². The molecule has 0 saturated carbocycles. The minimum absolute atomic E-state index is 0.0495. The van der Waals surface area contributed by atoms with Gasteiger partial charge < -0.3 is 10.6 Å². The van der Waals surface area contributed by atoms with Gasteiger partial charge in [-0.3, -0.25) is 10.1 Å². The smallest absolute Gasteiger partial charge is 0.353 e. The number of rotatable bonds is 9. The highest BCUT2D eigenvalue weighted by Gasteiger charge is 2.24. The topological polar surface area (TPSA) is 117 Å². The van der Waals surface area contributed by atoms with Crippen molar-refractivity contribution >= 4 is 46.2 Å². The van der Waals surface area contributed by atoms with Crippen LogP contribution in [-0.4, -0.2) is 21.4 Å². The highest BCUT2D eigenvalue weighted by atomic mass is 35.5. The van der Waals surface area contributed by atoms with Crippen LogP contribution in [0.25, 0.3) is 0 Å². The molecule has 0 aliphatic carbocycles. The fraction of sp³-hybridized carbons (Fsp3) is 0.292. The number of nitrogens with one attached hydrogen (secondary N) is 2. The van der Waals surface area contributed by atoms with Crippen LogP contribution >= 0.6 is 23.2 Å². The highest BCUT2D eigenvalue weighted by Crippen LogP contribution is 2.37. The Hall–Kier alpha value is -3.41. The number of anilines is 3. The molecule has 0 aliphatic heterocycles. The van der Waals surface area contributed by atoms with Gasteiger partial charge in [-0.05, 0) is 54.2 Å². The number of hydrogen-bond donors (Lipinski definition) is 2. The summed E-state index contributed by atoms with van der Waals surface area (Å²) in [6.07, 6.45) is 2.11. The summed E-state index contributed by atoms with van der Waals surface area (Å²) in [7, 11) is 0. The van der Waals surface area contributed by atoms with E-state index in [1.165, 1.54) is 6.33 Å². The molecule has 1 heterocycles. The molecule has 0 saturated heterocycles. The SMILES string of the molecule is Cc1cc(C(C#N)c2ccc(Cl)cc2)c(Cl)cc1Nc1ncnc(NCCC(C)C)c1[N+](=O)[O-]. The number of halogens is 2. The molecule has 2 aromatic carbocycles. The molecule has 8 nitrogen and oxygen atoms in total. The molecular formula is C24H24Cl2N6O2. The molecule has 1 atom stereocenters. The summed E-state index contributed by atoms with van der Waals surface area (Å²) in [5, 5.41) is 28.6. The molecule has 10 heteroatoms. The van der Waals surface area contributed by atoms with E-state index in [9.17, 15) is 15.4 Å². The summed E-state index contributed by atoms with van der Waals surface area (Å²) in [6.45, 7) is 6.52. The lowest BCUT2D eigenvalue weighted by molar-refractivity contribution is -0.383. The number of benzene rings is 2. The van der Waals surface area contributed by atoms with Gasteiger partial charge in [0, 0.05) is 22.3 Å². The van der Waals surface area contributed by atoms with Gasteiger partial charge in [0.25, 0.3) is 0 Å². The minimum Gasteiger partial charge on any atom is -0.364 e. The predicted octanol–water partition coefficient (Wildman–Crippen LogP) is 6.86. The van der Waals surface area contributed by atoms with Crippen molar-refractivity contribution in [2.24, 2.45) is 5.92 Å². The number of nitro groups is 1. The van der Waals surface area contributed by atoms with Gasteiger partial charge in [-0.25, -0.2) is 9.97 Å². The second-order valence-electron chi connectivity index (χ2n) is 8.21. The quantitative estimate of drug-likeness (QED) is 0.244. The average molecular weight is 499 g/mol. The molecule has 0 aliphatic rings. The molecule has 34 heavy (non-hydrogen) atoms. The first-order valence-electron chi connectivity index (χ1n) is 10.7. The van der Waals surface area contributed by atoms with E-state index >= 15 is 0 Å². The Morgan fingerprint density at radius 1 is 1.15 bits per heavy atom. The molecular weight excluding hydrogens is 475 g/mol. The molecule has 1 unspecified atom stereocenters. The van der Waals surface area contributed by atoms with E-state index in [1.807, 2.05) is 6.92 Å². The second-order valence-corrected chi connectivity index (χ2v) is 9.06. The zero-order valence-corrected chi connectivity index (χ0v) is 20.5. The lowest BCUT2D eigenvalue weighted by Crippen LogP contribution is -2.11. The lowest BCUT2D eigenvalue weighted by Gasteiger charge is -2.17. The molecule has 0 amide bonds. The number of aryl methyl sites for hydroxylation is 1. The van der Waals surface area contributed by atoms with Gasteiger partial charge in [0.2, 0.25) is 11.6 Å². The Kier molecular flexibility index (Phi) is 8.26. The molecule has 0 fully saturated rings. The van der Waals surface area contributed by atoms with Crippen LogP contribution in [0.3, 0.4) is 0 Å². The molecule has 3 aromatic rings. The van der Waals surface area contributed by atoms with Gasteiger partial charge in [-0.15, -0.1) is 0 Å². The summed E-state index contributed by atoms with van der Waals surface area (Å²) in [5.41, 5.74) is 2.43. The third-order valence-electron chi connectivity index (χ3n) is 5.26. The third-order valence-corrected chi connectivity index (χ3v) is 5.84. The third kappa shape index (κ3) is 5.93. The molecule has 0 bridgehead atoms. The maximum Gasteiger partial charge on any atom is 0.353 e. The Labute approximate surface area is 208 Å². The first kappa shape index (κ1) is 25.2. The van der Waals surface area contributed by atoms with Crippen molar-refractivity contribution in [1.29, 1.82) is 5.26 Å². The van der Waals surface area contributed by atoms with E-state index in [0.29, 0.717) is 33.8 Å². The largest absolute Gasteiger partial charge is 0.364 e. The Morgan fingerprint density at radius 2 is 1.82 bits per heavy atom. The molecule has 3 rings (SSSR count). The molecule has 2 N–H and O–H groups in total. The van der Waals surface area contributed by atoms with Crippen LogP contribution in [0.2, 0.25) is 10.0 Å². The van der Waals surface area contributed by atoms with Crippen molar-refractivity contribution in [2.45, 2.75) is 33.1 Å². The molecule has 0 spiro atoms. The van der Waals surface area contributed by atoms with Crippen LogP contribution < -0.4 is 10.6 Å². The van der Waals surface area contributed by atoms with E-state index in [1.54, 1.807) is 36.4 Å². The standard InChI is InChI=1S/C24H24Cl2N6O2/c1-14(2)8-9-28-23-22(32(33)34)24(30-13-29-23)31-21-11-20(26)18(10-15(21)3)19(12-27)16-4-6-17(25)7-5-16/h4-7,10-11,13-14,19H,8-9H2,1-3H3,(H2,28,29,30,31). The number of nitriles is 1. The molecule has 0 radical (unpaired) electrons. The lowest BCUT2D eigenvalue weighted by atomic mass is 9.91. The predicted molar refractivity (Wildman–Crippen MR) is 135 cm³/mol. The normalized spacial score (nSPS) is 11.7. The van der Waals surface area contributed by atoms with Gasteiger partial charge in [0.15, 0.2) is 0 Å². The summed E-state index contributed by atoms with van der Waals surface area (Å²) in [6, 6.07) is 12.7. The minimum atomic E-state index is -0.595. The average Bonchev–Trinajstić information content (AvgIpc) is 2.78. The summed E-state index contributed by atoms with van der Waals surface area (Å²) in [4.78, 5) is 19.4. The Balaban J connectivity index is 1.93. The van der Waals surface area contributed by atoms with Crippen LogP contribution in [0, 0.1) is 34.3 Å². The van der Waals surface area contributed by atoms with Gasteiger partial charge in [0.1, 0.15) is 6.33 Å².